The number of hydrogen-bond donors (Lipinski definition) is 1. The zero-order valence-corrected chi connectivity index (χ0v) is 15.8. The molecule has 132 valence electrons. The Kier molecular flexibility index (Phi) is 4.07. The SMILES string of the molecule is O=c1c2c3c(sc2ncn1CCCc1nc2ccccc2s1)CNCC3. The van der Waals surface area contributed by atoms with E-state index < -0.39 is 0 Å². The van der Waals surface area contributed by atoms with Crippen LogP contribution in [0.3, 0.4) is 0 Å². The first-order valence-corrected chi connectivity index (χ1v) is 10.5. The van der Waals surface area contributed by atoms with Crippen LogP contribution >= 0.6 is 22.7 Å². The molecule has 1 aromatic carbocycles. The van der Waals surface area contributed by atoms with Crippen molar-refractivity contribution >= 4 is 43.1 Å². The number of hydrogen-bond acceptors (Lipinski definition) is 6. The molecule has 0 amide bonds. The molecule has 0 saturated carbocycles. The van der Waals surface area contributed by atoms with Crippen molar-refractivity contribution in [1.82, 2.24) is 19.9 Å². The van der Waals surface area contributed by atoms with Crippen LogP contribution in [0, 0.1) is 0 Å². The van der Waals surface area contributed by atoms with Crippen molar-refractivity contribution in [2.24, 2.45) is 0 Å². The Morgan fingerprint density at radius 2 is 2.15 bits per heavy atom. The molecule has 0 bridgehead atoms. The van der Waals surface area contributed by atoms with Crippen LogP contribution in [0.1, 0.15) is 21.9 Å². The van der Waals surface area contributed by atoms with Gasteiger partial charge in [-0.1, -0.05) is 12.1 Å². The van der Waals surface area contributed by atoms with Gasteiger partial charge >= 0.3 is 0 Å². The second kappa shape index (κ2) is 6.57. The highest BCUT2D eigenvalue weighted by Crippen LogP contribution is 2.29. The van der Waals surface area contributed by atoms with E-state index in [0.717, 1.165) is 53.1 Å². The van der Waals surface area contributed by atoms with E-state index in [0.29, 0.717) is 6.54 Å². The molecule has 1 aliphatic rings. The minimum atomic E-state index is 0.110. The second-order valence-corrected chi connectivity index (χ2v) is 8.73. The average molecular weight is 383 g/mol. The fourth-order valence-corrected chi connectivity index (χ4v) is 5.69. The summed E-state index contributed by atoms with van der Waals surface area (Å²) in [6.07, 6.45) is 4.40. The lowest BCUT2D eigenvalue weighted by Gasteiger charge is -2.12. The molecule has 5 nitrogen and oxygen atoms in total. The van der Waals surface area contributed by atoms with Gasteiger partial charge in [-0.25, -0.2) is 9.97 Å². The Hall–Kier alpha value is -2.09. The lowest BCUT2D eigenvalue weighted by Crippen LogP contribution is -2.25. The van der Waals surface area contributed by atoms with Crippen LogP contribution in [0.25, 0.3) is 20.4 Å². The minimum absolute atomic E-state index is 0.110. The molecule has 1 aliphatic heterocycles. The van der Waals surface area contributed by atoms with Gasteiger partial charge < -0.3 is 5.32 Å². The summed E-state index contributed by atoms with van der Waals surface area (Å²) in [4.78, 5) is 24.3. The van der Waals surface area contributed by atoms with Crippen molar-refractivity contribution in [2.45, 2.75) is 32.4 Å². The van der Waals surface area contributed by atoms with Crippen LogP contribution in [-0.2, 0) is 25.9 Å². The molecule has 0 fully saturated rings. The van der Waals surface area contributed by atoms with Gasteiger partial charge in [0.1, 0.15) is 4.83 Å². The van der Waals surface area contributed by atoms with Crippen molar-refractivity contribution in [1.29, 1.82) is 0 Å². The number of aryl methyl sites for hydroxylation is 2. The maximum Gasteiger partial charge on any atom is 0.262 e. The number of benzene rings is 1. The van der Waals surface area contributed by atoms with Crippen LogP contribution in [0.4, 0.5) is 0 Å². The monoisotopic (exact) mass is 382 g/mol. The van der Waals surface area contributed by atoms with E-state index in [1.165, 1.54) is 15.1 Å². The summed E-state index contributed by atoms with van der Waals surface area (Å²) in [6, 6.07) is 8.21. The smallest absolute Gasteiger partial charge is 0.262 e. The zero-order chi connectivity index (χ0) is 17.5. The highest BCUT2D eigenvalue weighted by Gasteiger charge is 2.19. The van der Waals surface area contributed by atoms with Crippen LogP contribution in [-0.4, -0.2) is 21.1 Å². The standard InChI is InChI=1S/C19H18N4OS2/c24-19-17-12-7-8-20-10-15(12)26-18(17)21-11-23(19)9-3-6-16-22-13-4-1-2-5-14(13)25-16/h1-2,4-5,11,20H,3,6-10H2. The lowest BCUT2D eigenvalue weighted by atomic mass is 10.1. The van der Waals surface area contributed by atoms with Crippen LogP contribution in [0.5, 0.6) is 0 Å². The molecular weight excluding hydrogens is 364 g/mol. The first-order chi connectivity index (χ1) is 12.8. The lowest BCUT2D eigenvalue weighted by molar-refractivity contribution is 0.615. The van der Waals surface area contributed by atoms with E-state index in [1.807, 2.05) is 18.2 Å². The van der Waals surface area contributed by atoms with E-state index in [-0.39, 0.29) is 5.56 Å². The van der Waals surface area contributed by atoms with Crippen molar-refractivity contribution in [2.75, 3.05) is 6.54 Å². The number of thiophene rings is 1. The third-order valence-corrected chi connectivity index (χ3v) is 7.06. The van der Waals surface area contributed by atoms with Gasteiger partial charge in [0.15, 0.2) is 0 Å². The Morgan fingerprint density at radius 3 is 3.08 bits per heavy atom. The quantitative estimate of drug-likeness (QED) is 0.588. The summed E-state index contributed by atoms with van der Waals surface area (Å²) in [6.45, 7) is 2.47. The number of nitrogens with one attached hydrogen (secondary N) is 1. The number of rotatable bonds is 4. The predicted octanol–water partition coefficient (Wildman–Crippen LogP) is 3.35. The summed E-state index contributed by atoms with van der Waals surface area (Å²) in [5, 5.41) is 5.34. The number of fused-ring (bicyclic) bond motifs is 4. The van der Waals surface area contributed by atoms with Gasteiger partial charge in [0.05, 0.1) is 26.9 Å². The fraction of sp³-hybridized carbons (Fsp3) is 0.316. The molecule has 5 rings (SSSR count). The van der Waals surface area contributed by atoms with E-state index in [1.54, 1.807) is 33.6 Å². The second-order valence-electron chi connectivity index (χ2n) is 6.53. The van der Waals surface area contributed by atoms with Crippen molar-refractivity contribution in [3.05, 3.63) is 56.4 Å². The molecule has 0 spiro atoms. The van der Waals surface area contributed by atoms with Gasteiger partial charge in [-0.05, 0) is 37.1 Å². The summed E-state index contributed by atoms with van der Waals surface area (Å²) in [5.41, 5.74) is 2.38. The average Bonchev–Trinajstić information content (AvgIpc) is 3.24. The molecule has 26 heavy (non-hydrogen) atoms. The molecule has 0 saturated heterocycles. The molecule has 0 aliphatic carbocycles. The first kappa shape index (κ1) is 16.1. The molecule has 3 aromatic heterocycles. The Labute approximate surface area is 158 Å². The molecule has 0 radical (unpaired) electrons. The predicted molar refractivity (Wildman–Crippen MR) is 107 cm³/mol. The molecule has 7 heteroatoms. The largest absolute Gasteiger partial charge is 0.312 e. The van der Waals surface area contributed by atoms with Crippen LogP contribution < -0.4 is 10.9 Å². The minimum Gasteiger partial charge on any atom is -0.312 e. The number of thiazole rings is 1. The van der Waals surface area contributed by atoms with Crippen molar-refractivity contribution in [3.8, 4) is 0 Å². The fourth-order valence-electron chi connectivity index (χ4n) is 3.54. The van der Waals surface area contributed by atoms with Crippen molar-refractivity contribution in [3.63, 3.8) is 0 Å². The molecule has 4 aromatic rings. The first-order valence-electron chi connectivity index (χ1n) is 8.84. The number of nitrogens with zero attached hydrogens (tertiary/aromatic N) is 3. The Morgan fingerprint density at radius 1 is 1.23 bits per heavy atom. The van der Waals surface area contributed by atoms with Gasteiger partial charge in [-0.3, -0.25) is 9.36 Å². The molecular formula is C19H18N4OS2. The molecule has 4 heterocycles. The summed E-state index contributed by atoms with van der Waals surface area (Å²) in [5.74, 6) is 0. The number of para-hydroxylation sites is 1. The van der Waals surface area contributed by atoms with Crippen molar-refractivity contribution < 1.29 is 0 Å². The molecule has 0 atom stereocenters. The molecule has 0 unspecified atom stereocenters. The van der Waals surface area contributed by atoms with Gasteiger partial charge in [0.2, 0.25) is 0 Å². The summed E-state index contributed by atoms with van der Waals surface area (Å²) < 4.78 is 2.99. The third kappa shape index (κ3) is 2.76. The normalized spacial score (nSPS) is 14.2. The van der Waals surface area contributed by atoms with Gasteiger partial charge in [-0.15, -0.1) is 22.7 Å². The van der Waals surface area contributed by atoms with Gasteiger partial charge in [0, 0.05) is 24.4 Å². The Bertz CT molecular complexity index is 1120. The van der Waals surface area contributed by atoms with E-state index in [2.05, 4.69) is 21.4 Å². The maximum absolute atomic E-state index is 12.9. The number of aromatic nitrogens is 3. The highest BCUT2D eigenvalue weighted by molar-refractivity contribution is 7.19. The molecule has 1 N–H and O–H groups in total. The highest BCUT2D eigenvalue weighted by atomic mass is 32.1. The van der Waals surface area contributed by atoms with E-state index >= 15 is 0 Å². The van der Waals surface area contributed by atoms with Crippen LogP contribution in [0.15, 0.2) is 35.4 Å². The topological polar surface area (TPSA) is 59.8 Å². The van der Waals surface area contributed by atoms with E-state index in [4.69, 9.17) is 0 Å². The van der Waals surface area contributed by atoms with E-state index in [9.17, 15) is 4.79 Å². The van der Waals surface area contributed by atoms with Gasteiger partial charge in [0.25, 0.3) is 5.56 Å². The van der Waals surface area contributed by atoms with Gasteiger partial charge in [-0.2, -0.15) is 0 Å². The third-order valence-electron chi connectivity index (χ3n) is 4.83. The maximum atomic E-state index is 12.9. The summed E-state index contributed by atoms with van der Waals surface area (Å²) >= 11 is 3.39. The zero-order valence-electron chi connectivity index (χ0n) is 14.2. The van der Waals surface area contributed by atoms with Crippen LogP contribution in [0.2, 0.25) is 0 Å². The Balaban J connectivity index is 1.37. The summed E-state index contributed by atoms with van der Waals surface area (Å²) in [7, 11) is 0.